The predicted octanol–water partition coefficient (Wildman–Crippen LogP) is 2.09. The highest BCUT2D eigenvalue weighted by molar-refractivity contribution is 5.73. The van der Waals surface area contributed by atoms with E-state index in [0.717, 1.165) is 25.7 Å². The summed E-state index contributed by atoms with van der Waals surface area (Å²) in [6.07, 6.45) is 7.72. The first kappa shape index (κ1) is 11.0. The number of carbonyl (C=O) groups excluding carboxylic acids is 1. The number of aldehydes is 1. The van der Waals surface area contributed by atoms with Gasteiger partial charge in [0.25, 0.3) is 0 Å². The number of hydrogen-bond donors (Lipinski definition) is 0. The van der Waals surface area contributed by atoms with Crippen molar-refractivity contribution in [3.8, 4) is 11.8 Å². The van der Waals surface area contributed by atoms with Gasteiger partial charge in [0.15, 0.2) is 6.29 Å². The molecule has 0 amide bonds. The second kappa shape index (κ2) is 5.62. The van der Waals surface area contributed by atoms with E-state index in [1.807, 2.05) is 0 Å². The molecule has 1 aliphatic rings. The highest BCUT2D eigenvalue weighted by Gasteiger charge is 2.30. The maximum atomic E-state index is 10.2. The van der Waals surface area contributed by atoms with E-state index in [4.69, 9.17) is 4.74 Å². The first-order valence-electron chi connectivity index (χ1n) is 5.04. The molecule has 0 aliphatic heterocycles. The van der Waals surface area contributed by atoms with E-state index in [1.165, 1.54) is 6.42 Å². The zero-order chi connectivity index (χ0) is 10.3. The summed E-state index contributed by atoms with van der Waals surface area (Å²) in [5.74, 6) is 5.41. The Bertz CT molecular complexity index is 251. The smallest absolute Gasteiger partial charge is 0.192 e. The third-order valence-corrected chi connectivity index (χ3v) is 2.50. The Hall–Kier alpha value is -1.07. The summed E-state index contributed by atoms with van der Waals surface area (Å²) >= 11 is 0. The van der Waals surface area contributed by atoms with Crippen molar-refractivity contribution in [2.24, 2.45) is 0 Å². The SMILES string of the molecule is C=CCOC1(C#CC=O)CCCCC1. The van der Waals surface area contributed by atoms with Crippen molar-refractivity contribution in [3.05, 3.63) is 12.7 Å². The van der Waals surface area contributed by atoms with Crippen LogP contribution in [0.1, 0.15) is 32.1 Å². The Morgan fingerprint density at radius 2 is 2.07 bits per heavy atom. The molecule has 0 aromatic carbocycles. The molecule has 0 atom stereocenters. The van der Waals surface area contributed by atoms with Crippen molar-refractivity contribution in [3.63, 3.8) is 0 Å². The van der Waals surface area contributed by atoms with Gasteiger partial charge in [0.2, 0.25) is 0 Å². The fourth-order valence-corrected chi connectivity index (χ4v) is 1.81. The van der Waals surface area contributed by atoms with Crippen LogP contribution in [0.4, 0.5) is 0 Å². The van der Waals surface area contributed by atoms with Gasteiger partial charge in [0.1, 0.15) is 5.60 Å². The Kier molecular flexibility index (Phi) is 4.42. The van der Waals surface area contributed by atoms with Gasteiger partial charge in [0.05, 0.1) is 6.61 Å². The van der Waals surface area contributed by atoms with E-state index in [9.17, 15) is 4.79 Å². The summed E-state index contributed by atoms with van der Waals surface area (Å²) in [5, 5.41) is 0. The average Bonchev–Trinajstić information content (AvgIpc) is 2.25. The lowest BCUT2D eigenvalue weighted by molar-refractivity contribution is -0.103. The second-order valence-electron chi connectivity index (χ2n) is 3.54. The summed E-state index contributed by atoms with van der Waals surface area (Å²) < 4.78 is 5.67. The first-order chi connectivity index (χ1) is 6.83. The molecule has 1 saturated carbocycles. The van der Waals surface area contributed by atoms with E-state index < -0.39 is 0 Å². The Labute approximate surface area is 85.3 Å². The van der Waals surface area contributed by atoms with Gasteiger partial charge in [-0.05, 0) is 31.6 Å². The summed E-state index contributed by atoms with van der Waals surface area (Å²) in [7, 11) is 0. The van der Waals surface area contributed by atoms with Gasteiger partial charge >= 0.3 is 0 Å². The molecule has 1 rings (SSSR count). The van der Waals surface area contributed by atoms with Gasteiger partial charge in [0, 0.05) is 0 Å². The molecule has 0 saturated heterocycles. The van der Waals surface area contributed by atoms with Crippen LogP contribution in [0.15, 0.2) is 12.7 Å². The highest BCUT2D eigenvalue weighted by atomic mass is 16.5. The summed E-state index contributed by atoms with van der Waals surface area (Å²) in [5.41, 5.74) is -0.382. The van der Waals surface area contributed by atoms with Gasteiger partial charge in [-0.15, -0.1) is 6.58 Å². The minimum absolute atomic E-state index is 0.382. The van der Waals surface area contributed by atoms with E-state index in [2.05, 4.69) is 18.4 Å². The second-order valence-corrected chi connectivity index (χ2v) is 3.54. The van der Waals surface area contributed by atoms with Gasteiger partial charge in [-0.25, -0.2) is 0 Å². The van der Waals surface area contributed by atoms with Crippen molar-refractivity contribution < 1.29 is 9.53 Å². The molecule has 2 heteroatoms. The molecule has 76 valence electrons. The van der Waals surface area contributed by atoms with Crippen LogP contribution in [-0.4, -0.2) is 18.5 Å². The molecular weight excluding hydrogens is 176 g/mol. The van der Waals surface area contributed by atoms with Crippen LogP contribution in [0.5, 0.6) is 0 Å². The highest BCUT2D eigenvalue weighted by Crippen LogP contribution is 2.30. The van der Waals surface area contributed by atoms with Crippen LogP contribution in [0.3, 0.4) is 0 Å². The fourth-order valence-electron chi connectivity index (χ4n) is 1.81. The minimum atomic E-state index is -0.382. The first-order valence-corrected chi connectivity index (χ1v) is 5.04. The van der Waals surface area contributed by atoms with Gasteiger partial charge in [-0.1, -0.05) is 18.4 Å². The largest absolute Gasteiger partial charge is 0.358 e. The molecule has 0 bridgehead atoms. The molecule has 0 spiro atoms. The van der Waals surface area contributed by atoms with Crippen molar-refractivity contribution in [1.29, 1.82) is 0 Å². The minimum Gasteiger partial charge on any atom is -0.358 e. The summed E-state index contributed by atoms with van der Waals surface area (Å²) in [6, 6.07) is 0. The van der Waals surface area contributed by atoms with E-state index in [0.29, 0.717) is 12.9 Å². The number of hydrogen-bond acceptors (Lipinski definition) is 2. The Balaban J connectivity index is 2.65. The summed E-state index contributed by atoms with van der Waals surface area (Å²) in [6.45, 7) is 4.12. The Morgan fingerprint density at radius 3 is 2.64 bits per heavy atom. The number of rotatable bonds is 3. The molecule has 0 aromatic rings. The number of ether oxygens (including phenoxy) is 1. The molecule has 0 aromatic heterocycles. The monoisotopic (exact) mass is 192 g/mol. The van der Waals surface area contributed by atoms with Gasteiger partial charge in [-0.2, -0.15) is 0 Å². The van der Waals surface area contributed by atoms with Crippen molar-refractivity contribution in [2.45, 2.75) is 37.7 Å². The van der Waals surface area contributed by atoms with Crippen LogP contribution < -0.4 is 0 Å². The normalized spacial score (nSPS) is 19.1. The molecular formula is C12H16O2. The maximum absolute atomic E-state index is 10.2. The molecule has 0 unspecified atom stereocenters. The van der Waals surface area contributed by atoms with Crippen LogP contribution in [-0.2, 0) is 9.53 Å². The number of carbonyl (C=O) groups is 1. The van der Waals surface area contributed by atoms with Crippen LogP contribution in [0, 0.1) is 11.8 Å². The molecule has 0 heterocycles. The van der Waals surface area contributed by atoms with E-state index >= 15 is 0 Å². The Morgan fingerprint density at radius 1 is 1.36 bits per heavy atom. The fraction of sp³-hybridized carbons (Fsp3) is 0.583. The molecule has 14 heavy (non-hydrogen) atoms. The zero-order valence-electron chi connectivity index (χ0n) is 8.42. The topological polar surface area (TPSA) is 26.3 Å². The van der Waals surface area contributed by atoms with Gasteiger partial charge < -0.3 is 4.74 Å². The molecule has 1 aliphatic carbocycles. The van der Waals surface area contributed by atoms with Crippen LogP contribution in [0.2, 0.25) is 0 Å². The van der Waals surface area contributed by atoms with Crippen LogP contribution in [0.25, 0.3) is 0 Å². The van der Waals surface area contributed by atoms with Crippen molar-refractivity contribution in [2.75, 3.05) is 6.61 Å². The lowest BCUT2D eigenvalue weighted by Gasteiger charge is -2.32. The lowest BCUT2D eigenvalue weighted by Crippen LogP contribution is -2.33. The lowest BCUT2D eigenvalue weighted by atomic mass is 9.85. The molecule has 1 fully saturated rings. The van der Waals surface area contributed by atoms with Gasteiger partial charge in [-0.3, -0.25) is 4.79 Å². The van der Waals surface area contributed by atoms with E-state index in [-0.39, 0.29) is 5.60 Å². The maximum Gasteiger partial charge on any atom is 0.192 e. The molecule has 0 N–H and O–H groups in total. The average molecular weight is 192 g/mol. The zero-order valence-corrected chi connectivity index (χ0v) is 8.42. The third kappa shape index (κ3) is 3.01. The van der Waals surface area contributed by atoms with Crippen LogP contribution >= 0.6 is 0 Å². The quantitative estimate of drug-likeness (QED) is 0.389. The molecule has 2 nitrogen and oxygen atoms in total. The third-order valence-electron chi connectivity index (χ3n) is 2.50. The van der Waals surface area contributed by atoms with Crippen molar-refractivity contribution in [1.82, 2.24) is 0 Å². The van der Waals surface area contributed by atoms with E-state index in [1.54, 1.807) is 6.08 Å². The molecule has 0 radical (unpaired) electrons. The standard InChI is InChI=1S/C12H16O2/c1-2-11-14-12(9-6-10-13)7-4-3-5-8-12/h2,10H,1,3-5,7-8,11H2. The summed E-state index contributed by atoms with van der Waals surface area (Å²) in [4.78, 5) is 10.2. The predicted molar refractivity (Wildman–Crippen MR) is 55.8 cm³/mol. The van der Waals surface area contributed by atoms with Crippen molar-refractivity contribution >= 4 is 6.29 Å².